The Bertz CT molecular complexity index is 701. The molecule has 25 heavy (non-hydrogen) atoms. The van der Waals surface area contributed by atoms with E-state index in [1.54, 1.807) is 0 Å². The fourth-order valence-electron chi connectivity index (χ4n) is 2.52. The molecule has 0 heterocycles. The fraction of sp³-hybridized carbons (Fsp3) is 0.300. The zero-order chi connectivity index (χ0) is 18.1. The summed E-state index contributed by atoms with van der Waals surface area (Å²) in [5.41, 5.74) is 1.40. The lowest BCUT2D eigenvalue weighted by Gasteiger charge is -2.25. The average molecular weight is 345 g/mol. The van der Waals surface area contributed by atoms with Gasteiger partial charge >= 0.3 is 0 Å². The Balaban J connectivity index is 2.06. The van der Waals surface area contributed by atoms with Crippen molar-refractivity contribution in [2.75, 3.05) is 19.8 Å². The summed E-state index contributed by atoms with van der Waals surface area (Å²) < 4.78 is 32.2. The molecule has 2 aromatic carbocycles. The number of halogens is 2. The highest BCUT2D eigenvalue weighted by molar-refractivity contribution is 5.19. The van der Waals surface area contributed by atoms with E-state index in [0.717, 1.165) is 11.6 Å². The van der Waals surface area contributed by atoms with E-state index >= 15 is 0 Å². The van der Waals surface area contributed by atoms with Gasteiger partial charge in [-0.2, -0.15) is 0 Å². The smallest absolute Gasteiger partial charge is 0.130 e. The van der Waals surface area contributed by atoms with Crippen molar-refractivity contribution >= 4 is 0 Å². The SMILES string of the molecule is C#CCOC[C@H](O)CN(Cc1ccccc1)Cc1ccc(F)cc1F. The molecule has 0 saturated carbocycles. The number of terminal acetylenes is 1. The van der Waals surface area contributed by atoms with Gasteiger partial charge in [-0.25, -0.2) is 8.78 Å². The molecule has 1 atom stereocenters. The van der Waals surface area contributed by atoms with Crippen LogP contribution in [0.3, 0.4) is 0 Å². The van der Waals surface area contributed by atoms with Crippen LogP contribution in [0.25, 0.3) is 0 Å². The quantitative estimate of drug-likeness (QED) is 0.560. The van der Waals surface area contributed by atoms with E-state index in [1.807, 2.05) is 35.2 Å². The highest BCUT2D eigenvalue weighted by Crippen LogP contribution is 2.15. The maximum absolute atomic E-state index is 14.0. The van der Waals surface area contributed by atoms with Gasteiger partial charge < -0.3 is 9.84 Å². The van der Waals surface area contributed by atoms with Gasteiger partial charge in [0.15, 0.2) is 0 Å². The van der Waals surface area contributed by atoms with Crippen LogP contribution in [0.4, 0.5) is 8.78 Å². The van der Waals surface area contributed by atoms with Crippen molar-refractivity contribution in [3.63, 3.8) is 0 Å². The normalized spacial score (nSPS) is 12.1. The number of nitrogens with zero attached hydrogens (tertiary/aromatic N) is 1. The molecule has 0 bridgehead atoms. The van der Waals surface area contributed by atoms with E-state index in [9.17, 15) is 13.9 Å². The van der Waals surface area contributed by atoms with Crippen molar-refractivity contribution < 1.29 is 18.6 Å². The Morgan fingerprint density at radius 1 is 1.12 bits per heavy atom. The van der Waals surface area contributed by atoms with E-state index in [1.165, 1.54) is 12.1 Å². The summed E-state index contributed by atoms with van der Waals surface area (Å²) in [5, 5.41) is 10.1. The zero-order valence-corrected chi connectivity index (χ0v) is 13.9. The van der Waals surface area contributed by atoms with Crippen LogP contribution in [0.5, 0.6) is 0 Å². The molecule has 0 radical (unpaired) electrons. The Hall–Kier alpha value is -2.26. The summed E-state index contributed by atoms with van der Waals surface area (Å²) >= 11 is 0. The summed E-state index contributed by atoms with van der Waals surface area (Å²) in [5.74, 6) is 1.12. The molecule has 0 saturated heterocycles. The average Bonchev–Trinajstić information content (AvgIpc) is 2.58. The van der Waals surface area contributed by atoms with Crippen molar-refractivity contribution in [3.8, 4) is 12.3 Å². The molecule has 132 valence electrons. The van der Waals surface area contributed by atoms with Gasteiger partial charge in [0.25, 0.3) is 0 Å². The first-order chi connectivity index (χ1) is 12.1. The predicted octanol–water partition coefficient (Wildman–Crippen LogP) is 2.98. The first-order valence-corrected chi connectivity index (χ1v) is 7.98. The van der Waals surface area contributed by atoms with Gasteiger partial charge in [0.05, 0.1) is 12.7 Å². The highest BCUT2D eigenvalue weighted by Gasteiger charge is 2.15. The second kappa shape index (κ2) is 9.90. The van der Waals surface area contributed by atoms with Gasteiger partial charge in [0.1, 0.15) is 18.2 Å². The predicted molar refractivity (Wildman–Crippen MR) is 92.6 cm³/mol. The summed E-state index contributed by atoms with van der Waals surface area (Å²) in [4.78, 5) is 1.88. The molecule has 0 aromatic heterocycles. The third kappa shape index (κ3) is 6.63. The van der Waals surface area contributed by atoms with Crippen molar-refractivity contribution in [2.24, 2.45) is 0 Å². The van der Waals surface area contributed by atoms with Gasteiger partial charge in [-0.05, 0) is 11.6 Å². The van der Waals surface area contributed by atoms with E-state index in [-0.39, 0.29) is 26.3 Å². The molecule has 2 rings (SSSR count). The number of rotatable bonds is 9. The standard InChI is InChI=1S/C20H21F2NO2/c1-2-10-25-15-19(24)14-23(12-16-6-4-3-5-7-16)13-17-8-9-18(21)11-20(17)22/h1,3-9,11,19,24H,10,12-15H2/t19-/m1/s1. The third-order valence-corrected chi connectivity index (χ3v) is 3.62. The lowest BCUT2D eigenvalue weighted by atomic mass is 10.1. The lowest BCUT2D eigenvalue weighted by Crippen LogP contribution is -2.34. The molecule has 0 amide bonds. The number of aliphatic hydroxyl groups excluding tert-OH is 1. The minimum Gasteiger partial charge on any atom is -0.389 e. The van der Waals surface area contributed by atoms with Crippen LogP contribution in [0.2, 0.25) is 0 Å². The Kier molecular flexibility index (Phi) is 7.55. The van der Waals surface area contributed by atoms with Gasteiger partial charge in [0.2, 0.25) is 0 Å². The number of ether oxygens (including phenoxy) is 1. The highest BCUT2D eigenvalue weighted by atomic mass is 19.1. The van der Waals surface area contributed by atoms with E-state index in [0.29, 0.717) is 12.1 Å². The van der Waals surface area contributed by atoms with Crippen molar-refractivity contribution in [2.45, 2.75) is 19.2 Å². The second-order valence-corrected chi connectivity index (χ2v) is 5.76. The minimum absolute atomic E-state index is 0.0986. The summed E-state index contributed by atoms with van der Waals surface area (Å²) in [7, 11) is 0. The third-order valence-electron chi connectivity index (χ3n) is 3.62. The summed E-state index contributed by atoms with van der Waals surface area (Å²) in [6.45, 7) is 1.26. The number of hydrogen-bond acceptors (Lipinski definition) is 3. The molecule has 0 unspecified atom stereocenters. The van der Waals surface area contributed by atoms with E-state index in [4.69, 9.17) is 11.2 Å². The zero-order valence-electron chi connectivity index (χ0n) is 13.9. The monoisotopic (exact) mass is 345 g/mol. The topological polar surface area (TPSA) is 32.7 Å². The molecular weight excluding hydrogens is 324 g/mol. The van der Waals surface area contributed by atoms with Gasteiger partial charge in [-0.3, -0.25) is 4.90 Å². The van der Waals surface area contributed by atoms with Crippen molar-refractivity contribution in [1.29, 1.82) is 0 Å². The van der Waals surface area contributed by atoms with Gasteiger partial charge in [-0.1, -0.05) is 42.3 Å². The van der Waals surface area contributed by atoms with Crippen LogP contribution in [0.15, 0.2) is 48.5 Å². The Labute approximate surface area is 146 Å². The van der Waals surface area contributed by atoms with Crippen LogP contribution in [-0.2, 0) is 17.8 Å². The number of benzene rings is 2. The van der Waals surface area contributed by atoms with Crippen LogP contribution in [0.1, 0.15) is 11.1 Å². The van der Waals surface area contributed by atoms with Crippen LogP contribution < -0.4 is 0 Å². The molecule has 2 aromatic rings. The van der Waals surface area contributed by atoms with Crippen LogP contribution in [0, 0.1) is 24.0 Å². The molecular formula is C20H21F2NO2. The Morgan fingerprint density at radius 2 is 1.88 bits per heavy atom. The number of hydrogen-bond donors (Lipinski definition) is 1. The van der Waals surface area contributed by atoms with Crippen LogP contribution in [-0.4, -0.2) is 35.9 Å². The Morgan fingerprint density at radius 3 is 2.56 bits per heavy atom. The first-order valence-electron chi connectivity index (χ1n) is 7.98. The molecule has 0 fully saturated rings. The first kappa shape index (κ1) is 19.1. The maximum Gasteiger partial charge on any atom is 0.130 e. The van der Waals surface area contributed by atoms with E-state index in [2.05, 4.69) is 5.92 Å². The molecule has 0 spiro atoms. The minimum atomic E-state index is -0.763. The maximum atomic E-state index is 14.0. The van der Waals surface area contributed by atoms with Crippen LogP contribution >= 0.6 is 0 Å². The van der Waals surface area contributed by atoms with Gasteiger partial charge in [0, 0.05) is 31.3 Å². The molecule has 0 aliphatic heterocycles. The molecule has 3 nitrogen and oxygen atoms in total. The molecule has 1 N–H and O–H groups in total. The second-order valence-electron chi connectivity index (χ2n) is 5.76. The molecule has 0 aliphatic carbocycles. The largest absolute Gasteiger partial charge is 0.389 e. The fourth-order valence-corrected chi connectivity index (χ4v) is 2.52. The number of aliphatic hydroxyl groups is 1. The van der Waals surface area contributed by atoms with Crippen molar-refractivity contribution in [1.82, 2.24) is 4.90 Å². The summed E-state index contributed by atoms with van der Waals surface area (Å²) in [6.07, 6.45) is 4.35. The van der Waals surface area contributed by atoms with E-state index < -0.39 is 17.7 Å². The molecule has 0 aliphatic rings. The van der Waals surface area contributed by atoms with Crippen molar-refractivity contribution in [3.05, 3.63) is 71.3 Å². The summed E-state index contributed by atoms with van der Waals surface area (Å²) in [6, 6.07) is 13.2. The van der Waals surface area contributed by atoms with Gasteiger partial charge in [-0.15, -0.1) is 6.42 Å². The molecule has 5 heteroatoms. The lowest BCUT2D eigenvalue weighted by molar-refractivity contribution is 0.0241.